The summed E-state index contributed by atoms with van der Waals surface area (Å²) in [4.78, 5) is 50.9. The second kappa shape index (κ2) is 17.3. The average Bonchev–Trinajstić information content (AvgIpc) is 3.66. The standard InChI is InChI=1S/C35H47N3O12/c1-19(41)49-24-8-21(22(9-24)17-39)10-30(43)26-12-31(45-3)33(14-28(26)36)47-6-5-7-48-34-15-29(37)27(13-32(34)46-4)35(44)38-16-25(50-20(2)42)11-23(38)18-40/h12-15,21-25,39-40H,5-11,16-18,36-37H2,1-4H3/t21?,22-,23-,24-,25+/m0/s1. The second-order valence-corrected chi connectivity index (χ2v) is 12.5. The molecule has 1 saturated carbocycles. The molecule has 0 spiro atoms. The summed E-state index contributed by atoms with van der Waals surface area (Å²) < 4.78 is 33.3. The number of likely N-dealkylation sites (tertiary alicyclic amines) is 1. The fraction of sp³-hybridized carbons (Fsp3) is 0.543. The number of benzene rings is 2. The van der Waals surface area contributed by atoms with Crippen LogP contribution in [0.4, 0.5) is 11.4 Å². The number of nitrogens with two attached hydrogens (primary N) is 2. The number of aliphatic hydroxyl groups excluding tert-OH is 2. The van der Waals surface area contributed by atoms with Gasteiger partial charge in [0.1, 0.15) is 12.2 Å². The normalized spacial score (nSPS) is 21.4. The molecule has 1 aliphatic heterocycles. The Balaban J connectivity index is 1.33. The number of hydrogen-bond donors (Lipinski definition) is 4. The van der Waals surface area contributed by atoms with Crippen molar-refractivity contribution >= 4 is 35.0 Å². The molecule has 50 heavy (non-hydrogen) atoms. The van der Waals surface area contributed by atoms with Crippen LogP contribution in [0.2, 0.25) is 0 Å². The SMILES string of the molecule is COc1cc(C(=O)CC2C[C@H](OC(C)=O)C[C@H]2CO)c(N)cc1OCCCOc1cc(N)c(C(=O)N2C[C@H](OC(C)=O)C[C@H]2CO)cc1OC. The highest BCUT2D eigenvalue weighted by molar-refractivity contribution is 6.02. The predicted molar refractivity (Wildman–Crippen MR) is 180 cm³/mol. The number of aliphatic hydroxyl groups is 2. The van der Waals surface area contributed by atoms with E-state index < -0.39 is 30.0 Å². The van der Waals surface area contributed by atoms with E-state index in [0.29, 0.717) is 42.9 Å². The van der Waals surface area contributed by atoms with Gasteiger partial charge in [0.25, 0.3) is 5.91 Å². The molecular formula is C35H47N3O12. The first-order chi connectivity index (χ1) is 23.9. The lowest BCUT2D eigenvalue weighted by atomic mass is 9.89. The Kier molecular flexibility index (Phi) is 13.1. The number of anilines is 2. The van der Waals surface area contributed by atoms with E-state index in [4.69, 9.17) is 39.9 Å². The summed E-state index contributed by atoms with van der Waals surface area (Å²) in [6.45, 7) is 2.75. The number of carbonyl (C=O) groups is 4. The molecule has 2 fully saturated rings. The van der Waals surface area contributed by atoms with Crippen molar-refractivity contribution in [1.82, 2.24) is 4.90 Å². The Morgan fingerprint density at radius 1 is 0.740 bits per heavy atom. The third-order valence-electron chi connectivity index (χ3n) is 9.00. The highest BCUT2D eigenvalue weighted by Gasteiger charge is 2.38. The summed E-state index contributed by atoms with van der Waals surface area (Å²) >= 11 is 0. The third-order valence-corrected chi connectivity index (χ3v) is 9.00. The van der Waals surface area contributed by atoms with Gasteiger partial charge in [-0.1, -0.05) is 0 Å². The van der Waals surface area contributed by atoms with Crippen LogP contribution < -0.4 is 30.4 Å². The van der Waals surface area contributed by atoms with Gasteiger partial charge in [-0.15, -0.1) is 0 Å². The first-order valence-corrected chi connectivity index (χ1v) is 16.5. The van der Waals surface area contributed by atoms with Crippen LogP contribution in [0.3, 0.4) is 0 Å². The number of rotatable bonds is 16. The number of hydrogen-bond acceptors (Lipinski definition) is 14. The zero-order valence-corrected chi connectivity index (χ0v) is 28.8. The van der Waals surface area contributed by atoms with E-state index in [1.54, 1.807) is 0 Å². The van der Waals surface area contributed by atoms with Crippen LogP contribution >= 0.6 is 0 Å². The van der Waals surface area contributed by atoms with Gasteiger partial charge in [-0.05, 0) is 36.8 Å². The van der Waals surface area contributed by atoms with E-state index in [9.17, 15) is 29.4 Å². The summed E-state index contributed by atoms with van der Waals surface area (Å²) in [6, 6.07) is 5.50. The first kappa shape index (κ1) is 38.0. The van der Waals surface area contributed by atoms with Crippen molar-refractivity contribution in [1.29, 1.82) is 0 Å². The fourth-order valence-corrected chi connectivity index (χ4v) is 6.63. The lowest BCUT2D eigenvalue weighted by Gasteiger charge is -2.24. The van der Waals surface area contributed by atoms with Gasteiger partial charge < -0.3 is 55.0 Å². The number of nitrogen functional groups attached to an aromatic ring is 2. The first-order valence-electron chi connectivity index (χ1n) is 16.5. The molecule has 0 aromatic heterocycles. The van der Waals surface area contributed by atoms with Gasteiger partial charge in [-0.2, -0.15) is 0 Å². The molecule has 0 radical (unpaired) electrons. The topological polar surface area (TPSA) is 219 Å². The maximum Gasteiger partial charge on any atom is 0.302 e. The number of ketones is 1. The van der Waals surface area contributed by atoms with E-state index >= 15 is 0 Å². The highest BCUT2D eigenvalue weighted by atomic mass is 16.5. The molecule has 1 amide bonds. The quantitative estimate of drug-likeness (QED) is 0.0855. The maximum atomic E-state index is 13.4. The zero-order chi connectivity index (χ0) is 36.5. The highest BCUT2D eigenvalue weighted by Crippen LogP contribution is 2.39. The van der Waals surface area contributed by atoms with Crippen molar-refractivity contribution in [2.45, 2.75) is 64.2 Å². The Bertz CT molecular complexity index is 1550. The molecule has 15 heteroatoms. The minimum Gasteiger partial charge on any atom is -0.493 e. The van der Waals surface area contributed by atoms with Crippen molar-refractivity contribution in [3.63, 3.8) is 0 Å². The van der Waals surface area contributed by atoms with Crippen LogP contribution in [0.15, 0.2) is 24.3 Å². The van der Waals surface area contributed by atoms with Gasteiger partial charge in [0, 0.05) is 68.8 Å². The van der Waals surface area contributed by atoms with Crippen LogP contribution in [0.25, 0.3) is 0 Å². The summed E-state index contributed by atoms with van der Waals surface area (Å²) in [5, 5.41) is 19.6. The van der Waals surface area contributed by atoms with Gasteiger partial charge in [-0.25, -0.2) is 0 Å². The van der Waals surface area contributed by atoms with Crippen molar-refractivity contribution < 1.29 is 57.8 Å². The van der Waals surface area contributed by atoms with Crippen molar-refractivity contribution in [3.05, 3.63) is 35.4 Å². The van der Waals surface area contributed by atoms with Crippen molar-refractivity contribution in [2.75, 3.05) is 58.7 Å². The summed E-state index contributed by atoms with van der Waals surface area (Å²) in [5.74, 6) is -0.572. The molecule has 1 aliphatic carbocycles. The van der Waals surface area contributed by atoms with Crippen LogP contribution in [-0.2, 0) is 19.1 Å². The van der Waals surface area contributed by atoms with Crippen LogP contribution in [0, 0.1) is 11.8 Å². The van der Waals surface area contributed by atoms with Gasteiger partial charge in [0.2, 0.25) is 0 Å². The minimum atomic E-state index is -0.529. The Morgan fingerprint density at radius 2 is 1.28 bits per heavy atom. The van der Waals surface area contributed by atoms with E-state index in [1.165, 1.54) is 57.2 Å². The number of carbonyl (C=O) groups excluding carboxylic acids is 4. The molecule has 5 atom stereocenters. The van der Waals surface area contributed by atoms with E-state index in [0.717, 1.165) is 0 Å². The molecular weight excluding hydrogens is 654 g/mol. The number of amides is 1. The number of methoxy groups -OCH3 is 2. The maximum absolute atomic E-state index is 13.4. The number of ether oxygens (including phenoxy) is 6. The summed E-state index contributed by atoms with van der Waals surface area (Å²) in [6.07, 6.45) is 1.00. The van der Waals surface area contributed by atoms with Crippen LogP contribution in [-0.4, -0.2) is 104 Å². The molecule has 1 heterocycles. The van der Waals surface area contributed by atoms with Crippen molar-refractivity contribution in [2.24, 2.45) is 11.8 Å². The monoisotopic (exact) mass is 701 g/mol. The predicted octanol–water partition coefficient (Wildman–Crippen LogP) is 2.38. The van der Waals surface area contributed by atoms with Crippen molar-refractivity contribution in [3.8, 4) is 23.0 Å². The van der Waals surface area contributed by atoms with Gasteiger partial charge in [-0.3, -0.25) is 19.2 Å². The molecule has 1 unspecified atom stereocenters. The average molecular weight is 702 g/mol. The minimum absolute atomic E-state index is 0.110. The summed E-state index contributed by atoms with van der Waals surface area (Å²) in [5.41, 5.74) is 13.3. The Hall–Kier alpha value is -4.76. The third kappa shape index (κ3) is 9.27. The Labute approximate surface area is 290 Å². The zero-order valence-electron chi connectivity index (χ0n) is 28.8. The molecule has 0 bridgehead atoms. The van der Waals surface area contributed by atoms with Crippen LogP contribution in [0.5, 0.6) is 23.0 Å². The molecule has 2 aromatic rings. The fourth-order valence-electron chi connectivity index (χ4n) is 6.63. The molecule has 15 nitrogen and oxygen atoms in total. The lowest BCUT2D eigenvalue weighted by molar-refractivity contribution is -0.146. The van der Waals surface area contributed by atoms with E-state index in [2.05, 4.69) is 0 Å². The van der Waals surface area contributed by atoms with Gasteiger partial charge in [0.15, 0.2) is 28.8 Å². The van der Waals surface area contributed by atoms with E-state index in [1.807, 2.05) is 0 Å². The molecule has 274 valence electrons. The van der Waals surface area contributed by atoms with Crippen LogP contribution in [0.1, 0.15) is 66.7 Å². The van der Waals surface area contributed by atoms with Gasteiger partial charge >= 0.3 is 11.9 Å². The molecule has 4 rings (SSSR count). The molecule has 2 aromatic carbocycles. The summed E-state index contributed by atoms with van der Waals surface area (Å²) in [7, 11) is 2.89. The van der Waals surface area contributed by atoms with Gasteiger partial charge in [0.05, 0.1) is 52.2 Å². The lowest BCUT2D eigenvalue weighted by Crippen LogP contribution is -2.38. The van der Waals surface area contributed by atoms with E-state index in [-0.39, 0.29) is 91.4 Å². The number of Topliss-reactive ketones (excluding diaryl/α,β-unsaturated/α-hetero) is 1. The Morgan fingerprint density at radius 3 is 1.82 bits per heavy atom. The smallest absolute Gasteiger partial charge is 0.302 e. The molecule has 1 saturated heterocycles. The molecule has 6 N–H and O–H groups in total. The largest absolute Gasteiger partial charge is 0.493 e. The second-order valence-electron chi connectivity index (χ2n) is 12.5. The molecule has 2 aliphatic rings. The number of esters is 2. The number of nitrogens with zero attached hydrogens (tertiary/aromatic N) is 1.